The second-order valence-corrected chi connectivity index (χ2v) is 6.13. The van der Waals surface area contributed by atoms with Gasteiger partial charge in [0, 0.05) is 24.3 Å². The fraction of sp³-hybridized carbons (Fsp3) is 0.529. The number of amides is 2. The average molecular weight is 286 g/mol. The van der Waals surface area contributed by atoms with Crippen molar-refractivity contribution >= 4 is 17.5 Å². The molecule has 1 fully saturated rings. The van der Waals surface area contributed by atoms with Crippen LogP contribution in [0, 0.1) is 0 Å². The highest BCUT2D eigenvalue weighted by atomic mass is 16.2. The van der Waals surface area contributed by atoms with E-state index in [0.29, 0.717) is 18.0 Å². The highest BCUT2D eigenvalue weighted by molar-refractivity contribution is 6.03. The van der Waals surface area contributed by atoms with Crippen LogP contribution in [0.1, 0.15) is 54.4 Å². The molecule has 112 valence electrons. The Bertz CT molecular complexity index is 560. The van der Waals surface area contributed by atoms with Crippen molar-refractivity contribution in [2.75, 3.05) is 11.9 Å². The van der Waals surface area contributed by atoms with Crippen LogP contribution in [0.2, 0.25) is 0 Å². The highest BCUT2D eigenvalue weighted by Crippen LogP contribution is 2.28. The van der Waals surface area contributed by atoms with Crippen LogP contribution in [-0.2, 0) is 11.2 Å². The molecule has 1 aromatic rings. The Morgan fingerprint density at radius 1 is 1.19 bits per heavy atom. The number of likely N-dealkylation sites (N-methyl/N-ethyl adjacent to an activating group) is 1. The quantitative estimate of drug-likeness (QED) is 0.850. The number of nitrogens with zero attached hydrogens (tertiary/aromatic N) is 1. The molecule has 4 heteroatoms. The maximum atomic E-state index is 12.4. The third-order valence-corrected chi connectivity index (χ3v) is 4.61. The topological polar surface area (TPSA) is 49.4 Å². The maximum absolute atomic E-state index is 12.4. The second-order valence-electron chi connectivity index (χ2n) is 6.13. The van der Waals surface area contributed by atoms with Gasteiger partial charge in [0.2, 0.25) is 5.91 Å². The number of nitrogens with one attached hydrogen (secondary N) is 1. The first-order valence-corrected chi connectivity index (χ1v) is 7.85. The normalized spacial score (nSPS) is 19.3. The number of carbonyl (C=O) groups is 2. The summed E-state index contributed by atoms with van der Waals surface area (Å²) in [6.07, 6.45) is 7.52. The van der Waals surface area contributed by atoms with Crippen molar-refractivity contribution in [2.45, 2.75) is 51.0 Å². The number of anilines is 1. The van der Waals surface area contributed by atoms with Crippen molar-refractivity contribution in [2.24, 2.45) is 0 Å². The molecule has 0 spiro atoms. The molecule has 0 bridgehead atoms. The largest absolute Gasteiger partial charge is 0.349 e. The predicted octanol–water partition coefficient (Wildman–Crippen LogP) is 2.66. The zero-order chi connectivity index (χ0) is 14.8. The van der Waals surface area contributed by atoms with Crippen LogP contribution in [0.25, 0.3) is 0 Å². The lowest BCUT2D eigenvalue weighted by atomic mass is 10.1. The molecule has 4 nitrogen and oxygen atoms in total. The molecule has 0 atom stereocenters. The standard InChI is InChI=1S/C17H22N2O2/c1-19-15-9-8-12(10-13(15)11-16(19)20)17(21)18-14-6-4-2-3-5-7-14/h8-10,14H,2-7,11H2,1H3,(H,18,21). The molecule has 3 rings (SSSR count). The minimum absolute atomic E-state index is 0.00768. The minimum Gasteiger partial charge on any atom is -0.349 e. The molecule has 1 heterocycles. The van der Waals surface area contributed by atoms with Crippen LogP contribution >= 0.6 is 0 Å². The lowest BCUT2D eigenvalue weighted by molar-refractivity contribution is -0.117. The van der Waals surface area contributed by atoms with Gasteiger partial charge in [-0.1, -0.05) is 25.7 Å². The molecule has 1 N–H and O–H groups in total. The van der Waals surface area contributed by atoms with Crippen molar-refractivity contribution in [3.05, 3.63) is 29.3 Å². The summed E-state index contributed by atoms with van der Waals surface area (Å²) >= 11 is 0. The van der Waals surface area contributed by atoms with Crippen LogP contribution in [0.5, 0.6) is 0 Å². The van der Waals surface area contributed by atoms with E-state index in [9.17, 15) is 9.59 Å². The van der Waals surface area contributed by atoms with Gasteiger partial charge in [0.1, 0.15) is 0 Å². The fourth-order valence-corrected chi connectivity index (χ4v) is 3.30. The maximum Gasteiger partial charge on any atom is 0.251 e. The molecule has 1 saturated carbocycles. The smallest absolute Gasteiger partial charge is 0.251 e. The Balaban J connectivity index is 1.71. The first kappa shape index (κ1) is 14.1. The molecular weight excluding hydrogens is 264 g/mol. The number of hydrogen-bond donors (Lipinski definition) is 1. The minimum atomic E-state index is -0.00768. The number of benzene rings is 1. The van der Waals surface area contributed by atoms with Gasteiger partial charge in [0.05, 0.1) is 6.42 Å². The van der Waals surface area contributed by atoms with E-state index in [1.54, 1.807) is 11.9 Å². The van der Waals surface area contributed by atoms with Gasteiger partial charge >= 0.3 is 0 Å². The molecule has 0 saturated heterocycles. The number of carbonyl (C=O) groups excluding carboxylic acids is 2. The number of rotatable bonds is 2. The van der Waals surface area contributed by atoms with E-state index in [4.69, 9.17) is 0 Å². The molecule has 0 radical (unpaired) electrons. The van der Waals surface area contributed by atoms with Crippen molar-refractivity contribution in [1.82, 2.24) is 5.32 Å². The molecule has 1 aliphatic heterocycles. The Morgan fingerprint density at radius 3 is 2.62 bits per heavy atom. The molecule has 1 aliphatic carbocycles. The number of fused-ring (bicyclic) bond motifs is 1. The summed E-state index contributed by atoms with van der Waals surface area (Å²) in [5, 5.41) is 3.15. The van der Waals surface area contributed by atoms with Gasteiger partial charge < -0.3 is 10.2 Å². The monoisotopic (exact) mass is 286 g/mol. The Labute approximate surface area is 125 Å². The van der Waals surface area contributed by atoms with E-state index < -0.39 is 0 Å². The molecule has 1 aromatic carbocycles. The van der Waals surface area contributed by atoms with Crippen molar-refractivity contribution in [1.29, 1.82) is 0 Å². The van der Waals surface area contributed by atoms with Crippen LogP contribution in [0.15, 0.2) is 18.2 Å². The first-order chi connectivity index (χ1) is 10.1. The van der Waals surface area contributed by atoms with Gasteiger partial charge in [-0.3, -0.25) is 9.59 Å². The highest BCUT2D eigenvalue weighted by Gasteiger charge is 2.25. The Morgan fingerprint density at radius 2 is 1.90 bits per heavy atom. The van der Waals surface area contributed by atoms with E-state index in [0.717, 1.165) is 24.1 Å². The zero-order valence-corrected chi connectivity index (χ0v) is 12.5. The molecular formula is C17H22N2O2. The van der Waals surface area contributed by atoms with E-state index >= 15 is 0 Å². The molecule has 21 heavy (non-hydrogen) atoms. The van der Waals surface area contributed by atoms with Crippen molar-refractivity contribution < 1.29 is 9.59 Å². The van der Waals surface area contributed by atoms with Gasteiger partial charge in [0.25, 0.3) is 5.91 Å². The summed E-state index contributed by atoms with van der Waals surface area (Å²) in [6.45, 7) is 0. The Kier molecular flexibility index (Phi) is 3.95. The summed E-state index contributed by atoms with van der Waals surface area (Å²) < 4.78 is 0. The van der Waals surface area contributed by atoms with E-state index in [1.807, 2.05) is 18.2 Å². The third-order valence-electron chi connectivity index (χ3n) is 4.61. The SMILES string of the molecule is CN1C(=O)Cc2cc(C(=O)NC3CCCCCC3)ccc21. The summed E-state index contributed by atoms with van der Waals surface area (Å²) in [5.74, 6) is 0.0815. The molecule has 2 aliphatic rings. The van der Waals surface area contributed by atoms with Gasteiger partial charge in [-0.15, -0.1) is 0 Å². The third kappa shape index (κ3) is 2.94. The van der Waals surface area contributed by atoms with Gasteiger partial charge in [0.15, 0.2) is 0 Å². The van der Waals surface area contributed by atoms with Gasteiger partial charge in [-0.2, -0.15) is 0 Å². The molecule has 0 aromatic heterocycles. The second kappa shape index (κ2) is 5.88. The Hall–Kier alpha value is -1.84. The van der Waals surface area contributed by atoms with Crippen LogP contribution in [-0.4, -0.2) is 24.9 Å². The van der Waals surface area contributed by atoms with Crippen molar-refractivity contribution in [3.63, 3.8) is 0 Å². The van der Waals surface area contributed by atoms with E-state index in [-0.39, 0.29) is 11.8 Å². The lowest BCUT2D eigenvalue weighted by Crippen LogP contribution is -2.34. The number of hydrogen-bond acceptors (Lipinski definition) is 2. The molecule has 2 amide bonds. The lowest BCUT2D eigenvalue weighted by Gasteiger charge is -2.16. The van der Waals surface area contributed by atoms with E-state index in [2.05, 4.69) is 5.32 Å². The zero-order valence-electron chi connectivity index (χ0n) is 12.5. The van der Waals surface area contributed by atoms with Gasteiger partial charge in [-0.25, -0.2) is 0 Å². The first-order valence-electron chi connectivity index (χ1n) is 7.85. The summed E-state index contributed by atoms with van der Waals surface area (Å²) in [5.41, 5.74) is 2.54. The van der Waals surface area contributed by atoms with E-state index in [1.165, 1.54) is 25.7 Å². The summed E-state index contributed by atoms with van der Waals surface area (Å²) in [4.78, 5) is 25.7. The van der Waals surface area contributed by atoms with Gasteiger partial charge in [-0.05, 0) is 36.6 Å². The summed E-state index contributed by atoms with van der Waals surface area (Å²) in [6, 6.07) is 5.86. The fourth-order valence-electron chi connectivity index (χ4n) is 3.30. The van der Waals surface area contributed by atoms with Crippen LogP contribution in [0.4, 0.5) is 5.69 Å². The average Bonchev–Trinajstić information content (AvgIpc) is 2.67. The molecule has 0 unspecified atom stereocenters. The summed E-state index contributed by atoms with van der Waals surface area (Å²) in [7, 11) is 1.78. The van der Waals surface area contributed by atoms with Crippen LogP contribution in [0.3, 0.4) is 0 Å². The predicted molar refractivity (Wildman–Crippen MR) is 82.5 cm³/mol. The van der Waals surface area contributed by atoms with Crippen LogP contribution < -0.4 is 10.2 Å². The van der Waals surface area contributed by atoms with Crippen molar-refractivity contribution in [3.8, 4) is 0 Å².